The standard InChI is InChI=1S/C11H15ClO3S/c1-8-4-6-9(7-5-8)10(13)11(2,12)16(3,14)15/h4-7,10,13H,1-3H3/t10-,11-/m1/s1. The maximum Gasteiger partial charge on any atom is 0.172 e. The average molecular weight is 263 g/mol. The van der Waals surface area contributed by atoms with Gasteiger partial charge in [-0.25, -0.2) is 8.42 Å². The molecule has 0 bridgehead atoms. The molecule has 1 aromatic carbocycles. The molecule has 90 valence electrons. The highest BCUT2D eigenvalue weighted by Gasteiger charge is 2.41. The van der Waals surface area contributed by atoms with Crippen molar-refractivity contribution in [3.8, 4) is 0 Å². The van der Waals surface area contributed by atoms with Crippen molar-refractivity contribution >= 4 is 21.4 Å². The summed E-state index contributed by atoms with van der Waals surface area (Å²) in [5.74, 6) is 0. The molecule has 0 spiro atoms. The first-order chi connectivity index (χ1) is 7.16. The lowest BCUT2D eigenvalue weighted by molar-refractivity contribution is 0.163. The van der Waals surface area contributed by atoms with Gasteiger partial charge in [-0.2, -0.15) is 0 Å². The molecule has 0 aliphatic carbocycles. The Balaban J connectivity index is 3.12. The van der Waals surface area contributed by atoms with Crippen molar-refractivity contribution in [2.45, 2.75) is 24.2 Å². The second-order valence-corrected chi connectivity index (χ2v) is 7.47. The van der Waals surface area contributed by atoms with Crippen molar-refractivity contribution in [1.29, 1.82) is 0 Å². The minimum atomic E-state index is -3.54. The Morgan fingerprint density at radius 2 is 1.75 bits per heavy atom. The molecule has 0 unspecified atom stereocenters. The van der Waals surface area contributed by atoms with Crippen LogP contribution < -0.4 is 0 Å². The first kappa shape index (κ1) is 13.5. The molecule has 0 aliphatic rings. The molecular formula is C11H15ClO3S. The van der Waals surface area contributed by atoms with Crippen molar-refractivity contribution in [1.82, 2.24) is 0 Å². The highest BCUT2D eigenvalue weighted by Crippen LogP contribution is 2.36. The number of alkyl halides is 1. The summed E-state index contributed by atoms with van der Waals surface area (Å²) >= 11 is 5.90. The van der Waals surface area contributed by atoms with Gasteiger partial charge in [0.05, 0.1) is 0 Å². The Morgan fingerprint density at radius 3 is 2.12 bits per heavy atom. The topological polar surface area (TPSA) is 54.4 Å². The summed E-state index contributed by atoms with van der Waals surface area (Å²) < 4.78 is 21.2. The SMILES string of the molecule is Cc1ccc([C@@H](O)[C@](C)(Cl)S(C)(=O)=O)cc1. The predicted molar refractivity (Wildman–Crippen MR) is 65.2 cm³/mol. The second-order valence-electron chi connectivity index (χ2n) is 4.07. The van der Waals surface area contributed by atoms with Crippen LogP contribution in [0.15, 0.2) is 24.3 Å². The molecule has 1 N–H and O–H groups in total. The Kier molecular flexibility index (Phi) is 3.67. The Morgan fingerprint density at radius 1 is 1.31 bits per heavy atom. The Labute approximate surface area is 101 Å². The number of aliphatic hydroxyl groups excluding tert-OH is 1. The molecule has 1 rings (SSSR count). The lowest BCUT2D eigenvalue weighted by Crippen LogP contribution is -2.35. The van der Waals surface area contributed by atoms with E-state index >= 15 is 0 Å². The van der Waals surface area contributed by atoms with Gasteiger partial charge in [0.1, 0.15) is 6.10 Å². The van der Waals surface area contributed by atoms with Gasteiger partial charge in [-0.15, -0.1) is 0 Å². The molecule has 0 aromatic heterocycles. The van der Waals surface area contributed by atoms with Crippen LogP contribution in [0.2, 0.25) is 0 Å². The molecule has 0 heterocycles. The molecule has 16 heavy (non-hydrogen) atoms. The van der Waals surface area contributed by atoms with Crippen molar-refractivity contribution in [2.75, 3.05) is 6.26 Å². The third-order valence-corrected chi connectivity index (χ3v) is 5.33. The van der Waals surface area contributed by atoms with E-state index in [1.54, 1.807) is 24.3 Å². The van der Waals surface area contributed by atoms with Gasteiger partial charge < -0.3 is 5.11 Å². The quantitative estimate of drug-likeness (QED) is 0.848. The first-order valence-corrected chi connectivity index (χ1v) is 7.06. The normalized spacial score (nSPS) is 17.8. The number of aryl methyl sites for hydroxylation is 1. The zero-order valence-electron chi connectivity index (χ0n) is 9.44. The fourth-order valence-corrected chi connectivity index (χ4v) is 1.92. The van der Waals surface area contributed by atoms with Crippen molar-refractivity contribution in [2.24, 2.45) is 0 Å². The maximum atomic E-state index is 11.4. The summed E-state index contributed by atoms with van der Waals surface area (Å²) in [5.41, 5.74) is 1.53. The minimum absolute atomic E-state index is 0.494. The number of hydrogen-bond acceptors (Lipinski definition) is 3. The van der Waals surface area contributed by atoms with Gasteiger partial charge in [-0.1, -0.05) is 41.4 Å². The molecule has 1 aromatic rings. The lowest BCUT2D eigenvalue weighted by atomic mass is 10.1. The fourth-order valence-electron chi connectivity index (χ4n) is 1.25. The molecular weight excluding hydrogens is 248 g/mol. The molecule has 0 amide bonds. The second kappa shape index (κ2) is 4.35. The van der Waals surface area contributed by atoms with Gasteiger partial charge in [-0.3, -0.25) is 0 Å². The Hall–Kier alpha value is -0.580. The van der Waals surface area contributed by atoms with Crippen LogP contribution in [0.25, 0.3) is 0 Å². The van der Waals surface area contributed by atoms with Crippen LogP contribution >= 0.6 is 11.6 Å². The van der Waals surface area contributed by atoms with Crippen LogP contribution in [0.5, 0.6) is 0 Å². The summed E-state index contributed by atoms with van der Waals surface area (Å²) in [6.07, 6.45) is -0.234. The molecule has 3 nitrogen and oxygen atoms in total. The highest BCUT2D eigenvalue weighted by molar-refractivity contribution is 7.93. The van der Waals surface area contributed by atoms with Crippen LogP contribution in [-0.4, -0.2) is 24.0 Å². The van der Waals surface area contributed by atoms with Crippen LogP contribution in [-0.2, 0) is 9.84 Å². The van der Waals surface area contributed by atoms with Crippen molar-refractivity contribution in [3.05, 3.63) is 35.4 Å². The zero-order valence-corrected chi connectivity index (χ0v) is 11.0. The summed E-state index contributed by atoms with van der Waals surface area (Å²) in [7, 11) is -3.54. The van der Waals surface area contributed by atoms with Gasteiger partial charge in [0, 0.05) is 6.26 Å². The number of sulfone groups is 1. The first-order valence-electron chi connectivity index (χ1n) is 4.79. The zero-order chi connectivity index (χ0) is 12.6. The smallest absolute Gasteiger partial charge is 0.172 e. The van der Waals surface area contributed by atoms with Crippen LogP contribution in [0.4, 0.5) is 0 Å². The fraction of sp³-hybridized carbons (Fsp3) is 0.455. The lowest BCUT2D eigenvalue weighted by Gasteiger charge is -2.26. The van der Waals surface area contributed by atoms with Gasteiger partial charge in [0.2, 0.25) is 0 Å². The van der Waals surface area contributed by atoms with Gasteiger partial charge in [0.25, 0.3) is 0 Å². The molecule has 0 fully saturated rings. The number of hydrogen-bond donors (Lipinski definition) is 1. The van der Waals surface area contributed by atoms with E-state index in [9.17, 15) is 13.5 Å². The summed E-state index contributed by atoms with van der Waals surface area (Å²) in [5, 5.41) is 9.96. The summed E-state index contributed by atoms with van der Waals surface area (Å²) in [4.78, 5) is 0. The Bertz CT molecular complexity index is 463. The van der Waals surface area contributed by atoms with E-state index in [2.05, 4.69) is 0 Å². The van der Waals surface area contributed by atoms with Gasteiger partial charge in [0.15, 0.2) is 14.0 Å². The van der Waals surface area contributed by atoms with E-state index in [1.807, 2.05) is 6.92 Å². The summed E-state index contributed by atoms with van der Waals surface area (Å²) in [6.45, 7) is 3.21. The third-order valence-electron chi connectivity index (χ3n) is 2.61. The minimum Gasteiger partial charge on any atom is -0.385 e. The molecule has 0 radical (unpaired) electrons. The van der Waals surface area contributed by atoms with E-state index in [0.29, 0.717) is 5.56 Å². The largest absolute Gasteiger partial charge is 0.385 e. The highest BCUT2D eigenvalue weighted by atomic mass is 35.5. The summed E-state index contributed by atoms with van der Waals surface area (Å²) in [6, 6.07) is 6.94. The van der Waals surface area contributed by atoms with Crippen molar-refractivity contribution < 1.29 is 13.5 Å². The van der Waals surface area contributed by atoms with Crippen LogP contribution in [0.3, 0.4) is 0 Å². The van der Waals surface area contributed by atoms with E-state index < -0.39 is 20.1 Å². The molecule has 0 aliphatic heterocycles. The number of rotatable bonds is 3. The average Bonchev–Trinajstić information content (AvgIpc) is 2.16. The number of aliphatic hydroxyl groups is 1. The van der Waals surface area contributed by atoms with E-state index in [4.69, 9.17) is 11.6 Å². The monoisotopic (exact) mass is 262 g/mol. The molecule has 0 saturated carbocycles. The van der Waals surface area contributed by atoms with E-state index in [0.717, 1.165) is 11.8 Å². The van der Waals surface area contributed by atoms with E-state index in [1.165, 1.54) is 6.92 Å². The van der Waals surface area contributed by atoms with Crippen LogP contribution in [0, 0.1) is 6.92 Å². The molecule has 2 atom stereocenters. The third kappa shape index (κ3) is 2.56. The van der Waals surface area contributed by atoms with E-state index in [-0.39, 0.29) is 0 Å². The predicted octanol–water partition coefficient (Wildman–Crippen LogP) is 2.03. The molecule has 5 heteroatoms. The molecule has 0 saturated heterocycles. The number of benzene rings is 1. The van der Waals surface area contributed by atoms with Crippen LogP contribution in [0.1, 0.15) is 24.2 Å². The maximum absolute atomic E-state index is 11.4. The number of halogens is 1. The van der Waals surface area contributed by atoms with Gasteiger partial charge in [-0.05, 0) is 19.4 Å². The van der Waals surface area contributed by atoms with Gasteiger partial charge >= 0.3 is 0 Å². The van der Waals surface area contributed by atoms with Crippen molar-refractivity contribution in [3.63, 3.8) is 0 Å².